The summed E-state index contributed by atoms with van der Waals surface area (Å²) in [5, 5.41) is 5.74. The number of thiocarbonyl (C=S) groups is 1. The van der Waals surface area contributed by atoms with Gasteiger partial charge in [-0.15, -0.1) is 0 Å². The average molecular weight is 534 g/mol. The first kappa shape index (κ1) is 25.7. The number of anilines is 2. The molecule has 0 aliphatic carbocycles. The molecule has 11 heteroatoms. The molecule has 0 saturated heterocycles. The summed E-state index contributed by atoms with van der Waals surface area (Å²) >= 11 is 5.35. The van der Waals surface area contributed by atoms with Crippen LogP contribution in [0.25, 0.3) is 0 Å². The molecule has 9 nitrogen and oxygen atoms in total. The molecule has 3 N–H and O–H groups in total. The van der Waals surface area contributed by atoms with Crippen LogP contribution >= 0.6 is 12.2 Å². The molecule has 0 radical (unpaired) electrons. The van der Waals surface area contributed by atoms with Gasteiger partial charge < -0.3 is 15.4 Å². The largest absolute Gasteiger partial charge is 0.478 e. The van der Waals surface area contributed by atoms with E-state index in [9.17, 15) is 13.2 Å². The number of sulfonamides is 1. The lowest BCUT2D eigenvalue weighted by molar-refractivity contribution is -0.120. The Balaban J connectivity index is 1.44. The van der Waals surface area contributed by atoms with Gasteiger partial charge in [0.1, 0.15) is 0 Å². The van der Waals surface area contributed by atoms with Crippen LogP contribution in [0.3, 0.4) is 0 Å². The summed E-state index contributed by atoms with van der Waals surface area (Å²) in [7, 11) is -2.58. The number of benzene rings is 3. The van der Waals surface area contributed by atoms with Gasteiger partial charge in [0.2, 0.25) is 11.7 Å². The Morgan fingerprint density at radius 3 is 2.00 bits per heavy atom. The SMILES string of the molecule is COc1nccnc1NS(=O)(=O)c1ccc(NC(=S)NC(=O)C(c2ccccc2)c2ccccc2)cc1. The second-order valence-electron chi connectivity index (χ2n) is 7.74. The van der Waals surface area contributed by atoms with Crippen molar-refractivity contribution >= 4 is 44.8 Å². The molecule has 37 heavy (non-hydrogen) atoms. The van der Waals surface area contributed by atoms with E-state index in [-0.39, 0.29) is 27.6 Å². The highest BCUT2D eigenvalue weighted by Crippen LogP contribution is 2.25. The van der Waals surface area contributed by atoms with E-state index < -0.39 is 15.9 Å². The smallest absolute Gasteiger partial charge is 0.263 e. The molecule has 0 fully saturated rings. The molecule has 1 amide bonds. The number of hydrogen-bond acceptors (Lipinski definition) is 7. The van der Waals surface area contributed by atoms with E-state index in [4.69, 9.17) is 17.0 Å². The summed E-state index contributed by atoms with van der Waals surface area (Å²) in [4.78, 5) is 21.1. The minimum absolute atomic E-state index is 0.00562. The van der Waals surface area contributed by atoms with Gasteiger partial charge in [0.15, 0.2) is 5.11 Å². The highest BCUT2D eigenvalue weighted by atomic mass is 32.2. The minimum Gasteiger partial charge on any atom is -0.478 e. The molecule has 0 spiro atoms. The van der Waals surface area contributed by atoms with Crippen LogP contribution in [0.5, 0.6) is 5.88 Å². The van der Waals surface area contributed by atoms with E-state index in [1.165, 1.54) is 43.8 Å². The molecule has 4 rings (SSSR count). The Bertz CT molecular complexity index is 1440. The normalized spacial score (nSPS) is 11.0. The molecule has 0 aliphatic rings. The van der Waals surface area contributed by atoms with Gasteiger partial charge in [-0.3, -0.25) is 9.52 Å². The first-order valence-corrected chi connectivity index (χ1v) is 13.0. The summed E-state index contributed by atoms with van der Waals surface area (Å²) in [6.45, 7) is 0. The molecule has 0 unspecified atom stereocenters. The van der Waals surface area contributed by atoms with Crippen molar-refractivity contribution in [1.29, 1.82) is 0 Å². The van der Waals surface area contributed by atoms with E-state index in [1.807, 2.05) is 60.7 Å². The van der Waals surface area contributed by atoms with Gasteiger partial charge in [0, 0.05) is 18.1 Å². The van der Waals surface area contributed by atoms with Crippen molar-refractivity contribution in [2.24, 2.45) is 0 Å². The second kappa shape index (κ2) is 11.6. The molecule has 1 heterocycles. The summed E-state index contributed by atoms with van der Waals surface area (Å²) < 4.78 is 32.9. The third kappa shape index (κ3) is 6.46. The molecular weight excluding hydrogens is 510 g/mol. The zero-order valence-electron chi connectivity index (χ0n) is 19.7. The molecule has 0 bridgehead atoms. The monoisotopic (exact) mass is 533 g/mol. The van der Waals surface area contributed by atoms with Gasteiger partial charge >= 0.3 is 0 Å². The fourth-order valence-electron chi connectivity index (χ4n) is 3.58. The number of amides is 1. The average Bonchev–Trinajstić information content (AvgIpc) is 2.90. The van der Waals surface area contributed by atoms with Crippen molar-refractivity contribution < 1.29 is 17.9 Å². The Labute approximate surface area is 220 Å². The van der Waals surface area contributed by atoms with Gasteiger partial charge in [-0.2, -0.15) is 0 Å². The zero-order chi connectivity index (χ0) is 26.3. The van der Waals surface area contributed by atoms with Crippen molar-refractivity contribution in [3.63, 3.8) is 0 Å². The number of rotatable bonds is 8. The summed E-state index contributed by atoms with van der Waals surface area (Å²) in [6, 6.07) is 24.7. The fourth-order valence-corrected chi connectivity index (χ4v) is 4.81. The summed E-state index contributed by atoms with van der Waals surface area (Å²) in [5.41, 5.74) is 2.16. The molecule has 4 aromatic rings. The lowest BCUT2D eigenvalue weighted by Crippen LogP contribution is -2.37. The zero-order valence-corrected chi connectivity index (χ0v) is 21.3. The van der Waals surface area contributed by atoms with Crippen LogP contribution in [-0.4, -0.2) is 36.5 Å². The van der Waals surface area contributed by atoms with Crippen LogP contribution in [0.1, 0.15) is 17.0 Å². The number of carbonyl (C=O) groups excluding carboxylic acids is 1. The van der Waals surface area contributed by atoms with E-state index in [2.05, 4.69) is 25.3 Å². The number of ether oxygens (including phenoxy) is 1. The maximum atomic E-state index is 13.2. The predicted octanol–water partition coefficient (Wildman–Crippen LogP) is 3.93. The second-order valence-corrected chi connectivity index (χ2v) is 9.83. The van der Waals surface area contributed by atoms with Gasteiger partial charge in [-0.25, -0.2) is 18.4 Å². The van der Waals surface area contributed by atoms with Gasteiger partial charge in [-0.05, 0) is 47.6 Å². The number of hydrogen-bond donors (Lipinski definition) is 3. The first-order valence-electron chi connectivity index (χ1n) is 11.1. The van der Waals surface area contributed by atoms with Crippen molar-refractivity contribution in [3.8, 4) is 5.88 Å². The molecule has 0 aliphatic heterocycles. The van der Waals surface area contributed by atoms with Crippen LogP contribution < -0.4 is 20.1 Å². The van der Waals surface area contributed by atoms with E-state index in [1.54, 1.807) is 0 Å². The van der Waals surface area contributed by atoms with Crippen LogP contribution in [-0.2, 0) is 14.8 Å². The Morgan fingerprint density at radius 1 is 0.865 bits per heavy atom. The Morgan fingerprint density at radius 2 is 1.43 bits per heavy atom. The van der Waals surface area contributed by atoms with Gasteiger partial charge in [0.05, 0.1) is 17.9 Å². The van der Waals surface area contributed by atoms with Gasteiger partial charge in [-0.1, -0.05) is 60.7 Å². The number of nitrogens with one attached hydrogen (secondary N) is 3. The van der Waals surface area contributed by atoms with Gasteiger partial charge in [0.25, 0.3) is 15.9 Å². The Hall–Kier alpha value is -4.35. The highest BCUT2D eigenvalue weighted by Gasteiger charge is 2.23. The summed E-state index contributed by atoms with van der Waals surface area (Å²) in [6.07, 6.45) is 2.74. The molecular formula is C26H23N5O4S2. The molecule has 0 saturated carbocycles. The van der Waals surface area contributed by atoms with E-state index in [0.29, 0.717) is 5.69 Å². The number of aromatic nitrogens is 2. The standard InChI is InChI=1S/C26H23N5O4S2/c1-35-25-23(27-16-17-28-25)31-37(33,34)21-14-12-20(13-15-21)29-26(36)30-24(32)22(18-8-4-2-5-9-18)19-10-6-3-7-11-19/h2-17,22H,1H3,(H,27,31)(H2,29,30,32,36). The van der Waals surface area contributed by atoms with Crippen LogP contribution in [0.4, 0.5) is 11.5 Å². The van der Waals surface area contributed by atoms with Crippen LogP contribution in [0.2, 0.25) is 0 Å². The number of nitrogens with zero attached hydrogens (tertiary/aromatic N) is 2. The van der Waals surface area contributed by atoms with Crippen molar-refractivity contribution in [1.82, 2.24) is 15.3 Å². The molecule has 1 aromatic heterocycles. The highest BCUT2D eigenvalue weighted by molar-refractivity contribution is 7.92. The van der Waals surface area contributed by atoms with E-state index >= 15 is 0 Å². The number of methoxy groups -OCH3 is 1. The van der Waals surface area contributed by atoms with Crippen molar-refractivity contribution in [2.45, 2.75) is 10.8 Å². The fraction of sp³-hybridized carbons (Fsp3) is 0.0769. The third-order valence-corrected chi connectivity index (χ3v) is 6.84. The lowest BCUT2D eigenvalue weighted by atomic mass is 9.90. The van der Waals surface area contributed by atoms with E-state index in [0.717, 1.165) is 11.1 Å². The molecule has 0 atom stereocenters. The maximum absolute atomic E-state index is 13.2. The topological polar surface area (TPSA) is 122 Å². The summed E-state index contributed by atoms with van der Waals surface area (Å²) in [5.74, 6) is -0.827. The molecule has 188 valence electrons. The van der Waals surface area contributed by atoms with Crippen LogP contribution in [0, 0.1) is 0 Å². The van der Waals surface area contributed by atoms with Crippen LogP contribution in [0.15, 0.2) is 102 Å². The lowest BCUT2D eigenvalue weighted by Gasteiger charge is -2.18. The Kier molecular flexibility index (Phi) is 8.06. The van der Waals surface area contributed by atoms with Crippen molar-refractivity contribution in [2.75, 3.05) is 17.1 Å². The predicted molar refractivity (Wildman–Crippen MR) is 145 cm³/mol. The third-order valence-electron chi connectivity index (χ3n) is 5.28. The first-order chi connectivity index (χ1) is 17.9. The number of carbonyl (C=O) groups is 1. The quantitative estimate of drug-likeness (QED) is 0.291. The molecule has 3 aromatic carbocycles. The maximum Gasteiger partial charge on any atom is 0.263 e. The minimum atomic E-state index is -3.95. The van der Waals surface area contributed by atoms with Crippen molar-refractivity contribution in [3.05, 3.63) is 108 Å².